The molecule has 1 atom stereocenters. The zero-order valence-electron chi connectivity index (χ0n) is 10.5. The molecular weight excluding hydrogens is 236 g/mol. The summed E-state index contributed by atoms with van der Waals surface area (Å²) < 4.78 is 0. The van der Waals surface area contributed by atoms with Crippen molar-refractivity contribution in [2.24, 2.45) is 4.99 Å². The van der Waals surface area contributed by atoms with Crippen molar-refractivity contribution in [3.05, 3.63) is 29.0 Å². The second kappa shape index (κ2) is 7.12. The van der Waals surface area contributed by atoms with E-state index in [1.807, 2.05) is 6.07 Å². The average Bonchev–Trinajstić information content (AvgIpc) is 2.36. The van der Waals surface area contributed by atoms with Gasteiger partial charge in [0.05, 0.1) is 0 Å². The molecule has 0 bridgehead atoms. The first-order valence-electron chi connectivity index (χ1n) is 5.73. The summed E-state index contributed by atoms with van der Waals surface area (Å²) in [5.74, 6) is 0.800. The van der Waals surface area contributed by atoms with Gasteiger partial charge in [0, 0.05) is 25.8 Å². The fraction of sp³-hybridized carbons (Fsp3) is 0.500. The summed E-state index contributed by atoms with van der Waals surface area (Å²) >= 11 is 5.72. The highest BCUT2D eigenvalue weighted by molar-refractivity contribution is 6.29. The van der Waals surface area contributed by atoms with Gasteiger partial charge in [0.15, 0.2) is 5.96 Å². The highest BCUT2D eigenvalue weighted by Gasteiger charge is 2.02. The van der Waals surface area contributed by atoms with E-state index in [0.29, 0.717) is 17.7 Å². The predicted octanol–water partition coefficient (Wildman–Crippen LogP) is 2.20. The maximum atomic E-state index is 5.72. The average molecular weight is 255 g/mol. The van der Waals surface area contributed by atoms with Gasteiger partial charge in [0.2, 0.25) is 0 Å². The van der Waals surface area contributed by atoms with E-state index in [4.69, 9.17) is 11.6 Å². The second-order valence-electron chi connectivity index (χ2n) is 3.87. The third kappa shape index (κ3) is 5.04. The molecule has 0 aliphatic rings. The van der Waals surface area contributed by atoms with Crippen molar-refractivity contribution in [3.8, 4) is 0 Å². The Morgan fingerprint density at radius 3 is 2.82 bits per heavy atom. The smallest absolute Gasteiger partial charge is 0.191 e. The van der Waals surface area contributed by atoms with Crippen LogP contribution in [0.1, 0.15) is 25.8 Å². The summed E-state index contributed by atoms with van der Waals surface area (Å²) in [7, 11) is 1.76. The van der Waals surface area contributed by atoms with Crippen LogP contribution < -0.4 is 10.6 Å². The molecule has 17 heavy (non-hydrogen) atoms. The molecule has 0 fully saturated rings. The van der Waals surface area contributed by atoms with E-state index in [-0.39, 0.29) is 0 Å². The zero-order valence-corrected chi connectivity index (χ0v) is 11.3. The van der Waals surface area contributed by atoms with Crippen LogP contribution in [-0.4, -0.2) is 24.0 Å². The number of aromatic nitrogens is 1. The lowest BCUT2D eigenvalue weighted by molar-refractivity contribution is 0.624. The maximum absolute atomic E-state index is 5.72. The molecule has 5 heteroatoms. The maximum Gasteiger partial charge on any atom is 0.191 e. The van der Waals surface area contributed by atoms with E-state index in [1.54, 1.807) is 19.3 Å². The molecule has 94 valence electrons. The van der Waals surface area contributed by atoms with Crippen molar-refractivity contribution in [1.29, 1.82) is 0 Å². The monoisotopic (exact) mass is 254 g/mol. The van der Waals surface area contributed by atoms with E-state index >= 15 is 0 Å². The number of halogens is 1. The van der Waals surface area contributed by atoms with Gasteiger partial charge in [-0.1, -0.05) is 24.6 Å². The van der Waals surface area contributed by atoms with Gasteiger partial charge in [-0.3, -0.25) is 4.99 Å². The van der Waals surface area contributed by atoms with Gasteiger partial charge in [-0.25, -0.2) is 4.98 Å². The quantitative estimate of drug-likeness (QED) is 0.492. The standard InChI is InChI=1S/C12H19ClN4/c1-4-9(2)17-12(14-3)16-8-10-5-6-11(13)15-7-10/h5-7,9H,4,8H2,1-3H3,(H2,14,16,17). The largest absolute Gasteiger partial charge is 0.354 e. The molecule has 1 aromatic rings. The molecule has 0 aromatic carbocycles. The lowest BCUT2D eigenvalue weighted by Gasteiger charge is -2.16. The van der Waals surface area contributed by atoms with Crippen LogP contribution in [0.5, 0.6) is 0 Å². The number of rotatable bonds is 4. The molecule has 0 amide bonds. The van der Waals surface area contributed by atoms with Crippen LogP contribution in [0.15, 0.2) is 23.3 Å². The minimum absolute atomic E-state index is 0.407. The van der Waals surface area contributed by atoms with Crippen LogP contribution in [0.2, 0.25) is 5.15 Å². The van der Waals surface area contributed by atoms with Crippen molar-refractivity contribution < 1.29 is 0 Å². The van der Waals surface area contributed by atoms with Crippen molar-refractivity contribution in [2.45, 2.75) is 32.9 Å². The Morgan fingerprint density at radius 2 is 2.29 bits per heavy atom. The third-order valence-electron chi connectivity index (χ3n) is 2.47. The molecule has 2 N–H and O–H groups in total. The molecule has 0 spiro atoms. The Hall–Kier alpha value is -1.29. The number of hydrogen-bond acceptors (Lipinski definition) is 2. The highest BCUT2D eigenvalue weighted by atomic mass is 35.5. The Bertz CT molecular complexity index is 361. The van der Waals surface area contributed by atoms with Crippen molar-refractivity contribution in [1.82, 2.24) is 15.6 Å². The van der Waals surface area contributed by atoms with E-state index in [1.165, 1.54) is 0 Å². The van der Waals surface area contributed by atoms with Crippen molar-refractivity contribution in [2.75, 3.05) is 7.05 Å². The van der Waals surface area contributed by atoms with Crippen molar-refractivity contribution >= 4 is 17.6 Å². The number of nitrogens with zero attached hydrogens (tertiary/aromatic N) is 2. The zero-order chi connectivity index (χ0) is 12.7. The Labute approximate surface area is 108 Å². The fourth-order valence-electron chi connectivity index (χ4n) is 1.23. The van der Waals surface area contributed by atoms with E-state index in [9.17, 15) is 0 Å². The molecular formula is C12H19ClN4. The Kier molecular flexibility index (Phi) is 5.77. The fourth-order valence-corrected chi connectivity index (χ4v) is 1.34. The first-order chi connectivity index (χ1) is 8.15. The molecule has 1 unspecified atom stereocenters. The minimum atomic E-state index is 0.407. The number of hydrogen-bond donors (Lipinski definition) is 2. The second-order valence-corrected chi connectivity index (χ2v) is 4.26. The van der Waals surface area contributed by atoms with Crippen molar-refractivity contribution in [3.63, 3.8) is 0 Å². The van der Waals surface area contributed by atoms with Gasteiger partial charge in [-0.05, 0) is 25.0 Å². The van der Waals surface area contributed by atoms with Crippen LogP contribution >= 0.6 is 11.6 Å². The molecule has 0 radical (unpaired) electrons. The lowest BCUT2D eigenvalue weighted by atomic mass is 10.2. The molecule has 0 aliphatic heterocycles. The summed E-state index contributed by atoms with van der Waals surface area (Å²) in [5, 5.41) is 7.03. The Balaban J connectivity index is 2.45. The number of guanidine groups is 1. The van der Waals surface area contributed by atoms with Crippen LogP contribution in [0, 0.1) is 0 Å². The third-order valence-corrected chi connectivity index (χ3v) is 2.69. The lowest BCUT2D eigenvalue weighted by Crippen LogP contribution is -2.41. The summed E-state index contributed by atoms with van der Waals surface area (Å²) in [6.45, 7) is 4.94. The number of aliphatic imine (C=N–C) groups is 1. The summed E-state index contributed by atoms with van der Waals surface area (Å²) in [6.07, 6.45) is 2.81. The number of nitrogens with one attached hydrogen (secondary N) is 2. The van der Waals surface area contributed by atoms with Crippen LogP contribution in [0.4, 0.5) is 0 Å². The summed E-state index contributed by atoms with van der Waals surface area (Å²) in [4.78, 5) is 8.18. The van der Waals surface area contributed by atoms with Gasteiger partial charge >= 0.3 is 0 Å². The molecule has 1 aromatic heterocycles. The van der Waals surface area contributed by atoms with E-state index in [0.717, 1.165) is 17.9 Å². The van der Waals surface area contributed by atoms with Gasteiger partial charge in [0.25, 0.3) is 0 Å². The summed E-state index contributed by atoms with van der Waals surface area (Å²) in [6, 6.07) is 4.13. The SMILES string of the molecule is CCC(C)NC(=NC)NCc1ccc(Cl)nc1. The summed E-state index contributed by atoms with van der Waals surface area (Å²) in [5.41, 5.74) is 1.07. The van der Waals surface area contributed by atoms with Crippen LogP contribution in [-0.2, 0) is 6.54 Å². The van der Waals surface area contributed by atoms with Gasteiger partial charge in [0.1, 0.15) is 5.15 Å². The Morgan fingerprint density at radius 1 is 1.53 bits per heavy atom. The molecule has 1 heterocycles. The van der Waals surface area contributed by atoms with Gasteiger partial charge < -0.3 is 10.6 Å². The minimum Gasteiger partial charge on any atom is -0.354 e. The molecule has 4 nitrogen and oxygen atoms in total. The van der Waals surface area contributed by atoms with E-state index < -0.39 is 0 Å². The predicted molar refractivity (Wildman–Crippen MR) is 72.3 cm³/mol. The van der Waals surface area contributed by atoms with Gasteiger partial charge in [-0.15, -0.1) is 0 Å². The molecule has 1 rings (SSSR count). The normalized spacial score (nSPS) is 13.3. The topological polar surface area (TPSA) is 49.3 Å². The van der Waals surface area contributed by atoms with Gasteiger partial charge in [-0.2, -0.15) is 0 Å². The molecule has 0 saturated carbocycles. The molecule has 0 aliphatic carbocycles. The van der Waals surface area contributed by atoms with Crippen LogP contribution in [0.3, 0.4) is 0 Å². The van der Waals surface area contributed by atoms with Crippen LogP contribution in [0.25, 0.3) is 0 Å². The molecule has 0 saturated heterocycles. The first kappa shape index (κ1) is 13.8. The first-order valence-corrected chi connectivity index (χ1v) is 6.11. The number of pyridine rings is 1. The van der Waals surface area contributed by atoms with E-state index in [2.05, 4.69) is 34.5 Å². The highest BCUT2D eigenvalue weighted by Crippen LogP contribution is 2.04.